The third kappa shape index (κ3) is 3.59. The lowest BCUT2D eigenvalue weighted by Crippen LogP contribution is -2.14. The Kier molecular flexibility index (Phi) is 4.81. The standard InChI is InChI=1S/C12H16ClO/c1-3-5-11(4-2)14-12-8-6-10(13)7-9-12/h6-9,11H,2-5H2,1H3. The van der Waals surface area contributed by atoms with Gasteiger partial charge in [-0.2, -0.15) is 0 Å². The highest BCUT2D eigenvalue weighted by atomic mass is 35.5. The molecule has 1 rings (SSSR count). The molecule has 1 aromatic rings. The summed E-state index contributed by atoms with van der Waals surface area (Å²) in [6.45, 7) is 6.01. The Hall–Kier alpha value is -0.690. The van der Waals surface area contributed by atoms with Crippen LogP contribution in [-0.2, 0) is 0 Å². The molecule has 1 unspecified atom stereocenters. The summed E-state index contributed by atoms with van der Waals surface area (Å²) in [7, 11) is 0. The molecule has 2 heteroatoms. The van der Waals surface area contributed by atoms with Crippen LogP contribution in [0.5, 0.6) is 5.75 Å². The van der Waals surface area contributed by atoms with E-state index in [2.05, 4.69) is 13.8 Å². The van der Waals surface area contributed by atoms with E-state index in [1.54, 1.807) is 0 Å². The summed E-state index contributed by atoms with van der Waals surface area (Å²) in [5, 5.41) is 0.735. The van der Waals surface area contributed by atoms with Crippen LogP contribution in [0.3, 0.4) is 0 Å². The van der Waals surface area contributed by atoms with Crippen LogP contribution < -0.4 is 4.74 Å². The van der Waals surface area contributed by atoms with E-state index >= 15 is 0 Å². The van der Waals surface area contributed by atoms with Gasteiger partial charge in [-0.1, -0.05) is 24.9 Å². The van der Waals surface area contributed by atoms with Gasteiger partial charge >= 0.3 is 0 Å². The topological polar surface area (TPSA) is 9.23 Å². The average molecular weight is 212 g/mol. The maximum atomic E-state index is 5.78. The lowest BCUT2D eigenvalue weighted by atomic mass is 10.1. The van der Waals surface area contributed by atoms with Gasteiger partial charge in [-0.15, -0.1) is 0 Å². The molecule has 0 bridgehead atoms. The molecule has 0 fully saturated rings. The summed E-state index contributed by atoms with van der Waals surface area (Å²) in [5.41, 5.74) is 0. The zero-order valence-corrected chi connectivity index (χ0v) is 9.26. The van der Waals surface area contributed by atoms with E-state index in [0.717, 1.165) is 30.0 Å². The van der Waals surface area contributed by atoms with Crippen molar-refractivity contribution in [3.8, 4) is 5.75 Å². The third-order valence-corrected chi connectivity index (χ3v) is 2.30. The largest absolute Gasteiger partial charge is 0.490 e. The minimum Gasteiger partial charge on any atom is -0.490 e. The predicted molar refractivity (Wildman–Crippen MR) is 60.8 cm³/mol. The van der Waals surface area contributed by atoms with Gasteiger partial charge in [-0.05, 0) is 44.0 Å². The van der Waals surface area contributed by atoms with Crippen molar-refractivity contribution < 1.29 is 4.74 Å². The predicted octanol–water partition coefficient (Wildman–Crippen LogP) is 4.11. The van der Waals surface area contributed by atoms with E-state index in [1.807, 2.05) is 24.3 Å². The smallest absolute Gasteiger partial charge is 0.119 e. The molecule has 0 amide bonds. The Bertz CT molecular complexity index is 256. The van der Waals surface area contributed by atoms with Crippen LogP contribution >= 0.6 is 11.6 Å². The Morgan fingerprint density at radius 3 is 2.50 bits per heavy atom. The van der Waals surface area contributed by atoms with Gasteiger partial charge in [0.25, 0.3) is 0 Å². The van der Waals surface area contributed by atoms with Crippen LogP contribution in [0.4, 0.5) is 0 Å². The molecule has 0 saturated heterocycles. The molecule has 0 heterocycles. The normalized spacial score (nSPS) is 12.5. The summed E-state index contributed by atoms with van der Waals surface area (Å²) >= 11 is 5.78. The van der Waals surface area contributed by atoms with Gasteiger partial charge in [0.1, 0.15) is 5.75 Å². The van der Waals surface area contributed by atoms with Gasteiger partial charge in [0.05, 0.1) is 6.10 Å². The Labute approximate surface area is 91.0 Å². The molecule has 0 spiro atoms. The Morgan fingerprint density at radius 2 is 2.00 bits per heavy atom. The molecule has 1 aromatic carbocycles. The quantitative estimate of drug-likeness (QED) is 0.712. The van der Waals surface area contributed by atoms with E-state index in [4.69, 9.17) is 16.3 Å². The molecule has 0 aliphatic rings. The highest BCUT2D eigenvalue weighted by Gasteiger charge is 2.06. The summed E-state index contributed by atoms with van der Waals surface area (Å²) in [5.74, 6) is 0.872. The first-order valence-corrected chi connectivity index (χ1v) is 5.35. The van der Waals surface area contributed by atoms with Crippen molar-refractivity contribution in [2.24, 2.45) is 0 Å². The fourth-order valence-corrected chi connectivity index (χ4v) is 1.42. The lowest BCUT2D eigenvalue weighted by molar-refractivity contribution is 0.192. The van der Waals surface area contributed by atoms with Crippen molar-refractivity contribution in [3.63, 3.8) is 0 Å². The first-order valence-electron chi connectivity index (χ1n) is 4.97. The molecule has 0 aromatic heterocycles. The molecule has 14 heavy (non-hydrogen) atoms. The zero-order chi connectivity index (χ0) is 10.4. The molecule has 77 valence electrons. The van der Waals surface area contributed by atoms with Crippen molar-refractivity contribution in [3.05, 3.63) is 36.2 Å². The number of rotatable bonds is 5. The second kappa shape index (κ2) is 5.92. The molecular formula is C12H16ClO. The maximum Gasteiger partial charge on any atom is 0.119 e. The molecule has 0 N–H and O–H groups in total. The van der Waals surface area contributed by atoms with E-state index < -0.39 is 0 Å². The van der Waals surface area contributed by atoms with Crippen molar-refractivity contribution in [1.82, 2.24) is 0 Å². The van der Waals surface area contributed by atoms with Gasteiger partial charge in [0.2, 0.25) is 0 Å². The first kappa shape index (κ1) is 11.4. The first-order chi connectivity index (χ1) is 6.76. The number of hydrogen-bond donors (Lipinski definition) is 0. The molecule has 1 radical (unpaired) electrons. The van der Waals surface area contributed by atoms with Gasteiger partial charge in [0.15, 0.2) is 0 Å². The van der Waals surface area contributed by atoms with Crippen molar-refractivity contribution in [2.75, 3.05) is 0 Å². The number of benzene rings is 1. The summed E-state index contributed by atoms with van der Waals surface area (Å²) in [4.78, 5) is 0. The number of hydrogen-bond acceptors (Lipinski definition) is 1. The van der Waals surface area contributed by atoms with Crippen LogP contribution in [0.15, 0.2) is 24.3 Å². The second-order valence-corrected chi connectivity index (χ2v) is 3.71. The number of halogens is 1. The number of ether oxygens (including phenoxy) is 1. The monoisotopic (exact) mass is 211 g/mol. The highest BCUT2D eigenvalue weighted by Crippen LogP contribution is 2.18. The van der Waals surface area contributed by atoms with Gasteiger partial charge in [-0.25, -0.2) is 0 Å². The molecule has 0 aliphatic carbocycles. The zero-order valence-electron chi connectivity index (χ0n) is 8.50. The SMILES string of the molecule is [CH2]CC(CCC)Oc1ccc(Cl)cc1. The fourth-order valence-electron chi connectivity index (χ4n) is 1.29. The van der Waals surface area contributed by atoms with E-state index in [9.17, 15) is 0 Å². The summed E-state index contributed by atoms with van der Waals surface area (Å²) in [6, 6.07) is 7.45. The molecule has 1 nitrogen and oxygen atoms in total. The molecular weight excluding hydrogens is 196 g/mol. The summed E-state index contributed by atoms with van der Waals surface area (Å²) in [6.07, 6.45) is 3.19. The van der Waals surface area contributed by atoms with Crippen LogP contribution in [0.1, 0.15) is 26.2 Å². The van der Waals surface area contributed by atoms with Crippen LogP contribution in [0.2, 0.25) is 5.02 Å². The molecule has 0 aliphatic heterocycles. The molecule has 1 atom stereocenters. The van der Waals surface area contributed by atoms with Gasteiger partial charge in [0, 0.05) is 5.02 Å². The minimum absolute atomic E-state index is 0.223. The Balaban J connectivity index is 2.53. The van der Waals surface area contributed by atoms with E-state index in [1.165, 1.54) is 0 Å². The second-order valence-electron chi connectivity index (χ2n) is 3.27. The van der Waals surface area contributed by atoms with Crippen molar-refractivity contribution >= 4 is 11.6 Å². The maximum absolute atomic E-state index is 5.78. The van der Waals surface area contributed by atoms with E-state index in [-0.39, 0.29) is 6.10 Å². The average Bonchev–Trinajstić information content (AvgIpc) is 2.20. The van der Waals surface area contributed by atoms with Crippen LogP contribution in [0, 0.1) is 6.92 Å². The fraction of sp³-hybridized carbons (Fsp3) is 0.417. The lowest BCUT2D eigenvalue weighted by Gasteiger charge is -2.16. The summed E-state index contributed by atoms with van der Waals surface area (Å²) < 4.78 is 5.74. The molecule has 0 saturated carbocycles. The highest BCUT2D eigenvalue weighted by molar-refractivity contribution is 6.30. The minimum atomic E-state index is 0.223. The van der Waals surface area contributed by atoms with Crippen molar-refractivity contribution in [1.29, 1.82) is 0 Å². The van der Waals surface area contributed by atoms with Crippen molar-refractivity contribution in [2.45, 2.75) is 32.3 Å². The van der Waals surface area contributed by atoms with Gasteiger partial charge in [-0.3, -0.25) is 0 Å². The van der Waals surface area contributed by atoms with Crippen LogP contribution in [-0.4, -0.2) is 6.10 Å². The van der Waals surface area contributed by atoms with Crippen LogP contribution in [0.25, 0.3) is 0 Å². The third-order valence-electron chi connectivity index (χ3n) is 2.05. The van der Waals surface area contributed by atoms with Gasteiger partial charge < -0.3 is 4.74 Å². The van der Waals surface area contributed by atoms with E-state index in [0.29, 0.717) is 0 Å². The Morgan fingerprint density at radius 1 is 1.36 bits per heavy atom.